The van der Waals surface area contributed by atoms with Gasteiger partial charge in [-0.3, -0.25) is 24.1 Å². The number of aryl methyl sites for hydroxylation is 2. The molecule has 0 radical (unpaired) electrons. The summed E-state index contributed by atoms with van der Waals surface area (Å²) in [6.45, 7) is 0. The second-order valence-corrected chi connectivity index (χ2v) is 7.18. The van der Waals surface area contributed by atoms with Crippen LogP contribution in [0.15, 0.2) is 57.3 Å². The first kappa shape index (κ1) is 17.3. The minimum Gasteiger partial charge on any atom is -0.295 e. The first-order chi connectivity index (χ1) is 12.9. The van der Waals surface area contributed by atoms with E-state index in [-0.39, 0.29) is 11.3 Å². The highest BCUT2D eigenvalue weighted by atomic mass is 79.9. The molecular weight excluding hydrogens is 412 g/mol. The zero-order chi connectivity index (χ0) is 19.3. The zero-order valence-corrected chi connectivity index (χ0v) is 16.1. The summed E-state index contributed by atoms with van der Waals surface area (Å²) in [7, 11) is 3.39. The van der Waals surface area contributed by atoms with E-state index < -0.39 is 11.8 Å². The summed E-state index contributed by atoms with van der Waals surface area (Å²) in [5.41, 5.74) is 5.23. The van der Waals surface area contributed by atoms with E-state index in [9.17, 15) is 14.4 Å². The molecule has 1 fully saturated rings. The number of rotatable bonds is 2. The molecule has 0 unspecified atom stereocenters. The zero-order valence-electron chi connectivity index (χ0n) is 14.6. The Bertz CT molecular complexity index is 1190. The number of hydrazine groups is 1. The van der Waals surface area contributed by atoms with E-state index in [1.807, 2.05) is 0 Å². The number of hydrogen-bond donors (Lipinski definition) is 1. The SMILES string of the molecule is Cn1c(=O)n(C)c2cc(C=C3C(=O)NN(c4ccc(Br)cc4)C3=O)ccc21. The standard InChI is InChI=1S/C19H15BrN4O3/c1-22-15-8-3-11(10-16(15)23(2)19(22)27)9-14-17(25)21-24(18(14)26)13-6-4-12(20)5-7-13/h3-10H,1-2H3,(H,21,25). The predicted molar refractivity (Wildman–Crippen MR) is 106 cm³/mol. The second kappa shape index (κ2) is 6.24. The largest absolute Gasteiger partial charge is 0.328 e. The van der Waals surface area contributed by atoms with Crippen LogP contribution in [-0.4, -0.2) is 20.9 Å². The summed E-state index contributed by atoms with van der Waals surface area (Å²) < 4.78 is 3.96. The molecule has 1 saturated heterocycles. The topological polar surface area (TPSA) is 76.3 Å². The van der Waals surface area contributed by atoms with Crippen LogP contribution in [0.25, 0.3) is 17.1 Å². The van der Waals surface area contributed by atoms with E-state index in [2.05, 4.69) is 21.4 Å². The van der Waals surface area contributed by atoms with E-state index in [0.29, 0.717) is 11.3 Å². The van der Waals surface area contributed by atoms with E-state index >= 15 is 0 Å². The first-order valence-corrected chi connectivity index (χ1v) is 8.94. The maximum absolute atomic E-state index is 12.7. The van der Waals surface area contributed by atoms with Crippen LogP contribution in [0.2, 0.25) is 0 Å². The average Bonchev–Trinajstić information content (AvgIpc) is 3.05. The van der Waals surface area contributed by atoms with Gasteiger partial charge < -0.3 is 0 Å². The molecule has 7 nitrogen and oxygen atoms in total. The number of fused-ring (bicyclic) bond motifs is 1. The van der Waals surface area contributed by atoms with Crippen molar-refractivity contribution in [2.45, 2.75) is 0 Å². The highest BCUT2D eigenvalue weighted by molar-refractivity contribution is 9.10. The van der Waals surface area contributed by atoms with Crippen molar-refractivity contribution >= 4 is 50.5 Å². The Hall–Kier alpha value is -3.13. The number of carbonyl (C=O) groups is 2. The summed E-state index contributed by atoms with van der Waals surface area (Å²) in [4.78, 5) is 37.1. The number of carbonyl (C=O) groups excluding carboxylic acids is 2. The van der Waals surface area contributed by atoms with Crippen LogP contribution in [0.3, 0.4) is 0 Å². The van der Waals surface area contributed by atoms with Gasteiger partial charge in [0.2, 0.25) is 0 Å². The Labute approximate surface area is 162 Å². The third-order valence-corrected chi connectivity index (χ3v) is 5.11. The molecule has 0 saturated carbocycles. The lowest BCUT2D eigenvalue weighted by atomic mass is 10.1. The van der Waals surface area contributed by atoms with Crippen LogP contribution in [0, 0.1) is 0 Å². The third kappa shape index (κ3) is 2.78. The molecule has 0 bridgehead atoms. The van der Waals surface area contributed by atoms with Gasteiger partial charge in [0, 0.05) is 18.6 Å². The van der Waals surface area contributed by atoms with Crippen molar-refractivity contribution in [2.24, 2.45) is 14.1 Å². The van der Waals surface area contributed by atoms with Gasteiger partial charge in [-0.15, -0.1) is 0 Å². The molecule has 8 heteroatoms. The summed E-state index contributed by atoms with van der Waals surface area (Å²) >= 11 is 3.34. The Kier molecular flexibility index (Phi) is 4.00. The molecule has 1 aromatic heterocycles. The Morgan fingerprint density at radius 3 is 2.30 bits per heavy atom. The van der Waals surface area contributed by atoms with Crippen LogP contribution < -0.4 is 16.1 Å². The number of hydrogen-bond acceptors (Lipinski definition) is 3. The van der Waals surface area contributed by atoms with E-state index in [1.165, 1.54) is 15.7 Å². The maximum Gasteiger partial charge on any atom is 0.328 e. The van der Waals surface area contributed by atoms with Crippen molar-refractivity contribution in [2.75, 3.05) is 5.01 Å². The molecule has 27 heavy (non-hydrogen) atoms. The summed E-state index contributed by atoms with van der Waals surface area (Å²) in [6, 6.07) is 12.4. The van der Waals surface area contributed by atoms with E-state index in [4.69, 9.17) is 0 Å². The summed E-state index contributed by atoms with van der Waals surface area (Å²) in [6.07, 6.45) is 1.54. The molecule has 1 N–H and O–H groups in total. The number of nitrogens with zero attached hydrogens (tertiary/aromatic N) is 3. The highest BCUT2D eigenvalue weighted by Gasteiger charge is 2.34. The smallest absolute Gasteiger partial charge is 0.295 e. The minimum atomic E-state index is -0.468. The lowest BCUT2D eigenvalue weighted by Gasteiger charge is -2.14. The molecule has 4 rings (SSSR count). The van der Waals surface area contributed by atoms with Gasteiger partial charge in [-0.2, -0.15) is 0 Å². The molecule has 0 spiro atoms. The lowest BCUT2D eigenvalue weighted by molar-refractivity contribution is -0.117. The third-order valence-electron chi connectivity index (χ3n) is 4.58. The van der Waals surface area contributed by atoms with Gasteiger partial charge in [0.15, 0.2) is 0 Å². The van der Waals surface area contributed by atoms with Crippen LogP contribution in [0.1, 0.15) is 5.56 Å². The van der Waals surface area contributed by atoms with Gasteiger partial charge in [0.1, 0.15) is 5.57 Å². The molecule has 2 heterocycles. The maximum atomic E-state index is 12.7. The lowest BCUT2D eigenvalue weighted by Crippen LogP contribution is -2.35. The van der Waals surface area contributed by atoms with Gasteiger partial charge in [-0.1, -0.05) is 22.0 Å². The Morgan fingerprint density at radius 2 is 1.59 bits per heavy atom. The van der Waals surface area contributed by atoms with Gasteiger partial charge in [-0.05, 0) is 48.0 Å². The molecule has 0 atom stereocenters. The molecule has 2 aromatic carbocycles. The molecule has 3 aromatic rings. The fourth-order valence-corrected chi connectivity index (χ4v) is 3.37. The fourth-order valence-electron chi connectivity index (χ4n) is 3.11. The normalized spacial score (nSPS) is 15.8. The van der Waals surface area contributed by atoms with Crippen molar-refractivity contribution in [1.82, 2.24) is 14.6 Å². The molecule has 2 amide bonds. The number of halogens is 1. The van der Waals surface area contributed by atoms with Crippen LogP contribution >= 0.6 is 15.9 Å². The van der Waals surface area contributed by atoms with Crippen LogP contribution in [-0.2, 0) is 23.7 Å². The number of nitrogens with one attached hydrogen (secondary N) is 1. The van der Waals surface area contributed by atoms with Gasteiger partial charge in [-0.25, -0.2) is 9.80 Å². The second-order valence-electron chi connectivity index (χ2n) is 6.26. The predicted octanol–water partition coefficient (Wildman–Crippen LogP) is 2.10. The minimum absolute atomic E-state index is 0.0400. The summed E-state index contributed by atoms with van der Waals surface area (Å²) in [5.74, 6) is -0.894. The van der Waals surface area contributed by atoms with Crippen LogP contribution in [0.4, 0.5) is 5.69 Å². The van der Waals surface area contributed by atoms with Crippen LogP contribution in [0.5, 0.6) is 0 Å². The number of imidazole rings is 1. The van der Waals surface area contributed by atoms with Crippen molar-refractivity contribution in [3.8, 4) is 0 Å². The quantitative estimate of drug-likeness (QED) is 0.503. The summed E-state index contributed by atoms with van der Waals surface area (Å²) in [5, 5.41) is 1.22. The van der Waals surface area contributed by atoms with Gasteiger partial charge >= 0.3 is 5.69 Å². The number of benzene rings is 2. The fraction of sp³-hybridized carbons (Fsp3) is 0.105. The number of amides is 2. The first-order valence-electron chi connectivity index (χ1n) is 8.15. The van der Waals surface area contributed by atoms with Crippen molar-refractivity contribution in [1.29, 1.82) is 0 Å². The monoisotopic (exact) mass is 426 g/mol. The van der Waals surface area contributed by atoms with Gasteiger partial charge in [0.25, 0.3) is 11.8 Å². The number of anilines is 1. The molecular formula is C19H15BrN4O3. The molecule has 1 aliphatic rings. The highest BCUT2D eigenvalue weighted by Crippen LogP contribution is 2.24. The van der Waals surface area contributed by atoms with Crippen molar-refractivity contribution < 1.29 is 9.59 Å². The van der Waals surface area contributed by atoms with Crippen molar-refractivity contribution in [3.05, 3.63) is 68.6 Å². The molecule has 136 valence electrons. The molecule has 1 aliphatic heterocycles. The van der Waals surface area contributed by atoms with E-state index in [0.717, 1.165) is 15.5 Å². The number of aromatic nitrogens is 2. The van der Waals surface area contributed by atoms with Gasteiger partial charge in [0.05, 0.1) is 16.7 Å². The van der Waals surface area contributed by atoms with Crippen molar-refractivity contribution in [3.63, 3.8) is 0 Å². The Morgan fingerprint density at radius 1 is 0.926 bits per heavy atom. The molecule has 0 aliphatic carbocycles. The van der Waals surface area contributed by atoms with E-state index in [1.54, 1.807) is 61.1 Å². The average molecular weight is 427 g/mol. The Balaban J connectivity index is 1.73.